The van der Waals surface area contributed by atoms with E-state index >= 15 is 0 Å². The summed E-state index contributed by atoms with van der Waals surface area (Å²) in [6, 6.07) is 3.07. The number of hydrogen-bond donors (Lipinski definition) is 0. The Kier molecular flexibility index (Phi) is 4.32. The Bertz CT molecular complexity index is 445. The molecule has 0 unspecified atom stereocenters. The maximum absolute atomic E-state index is 13.5. The second kappa shape index (κ2) is 5.78. The molecule has 0 spiro atoms. The number of benzene rings is 1. The van der Waals surface area contributed by atoms with Crippen LogP contribution in [0.5, 0.6) is 0 Å². The Morgan fingerprint density at radius 2 is 2.00 bits per heavy atom. The fourth-order valence-corrected chi connectivity index (χ4v) is 2.77. The monoisotopic (exact) mass is 317 g/mol. The number of likely N-dealkylation sites (tertiary alicyclic amines) is 1. The van der Waals surface area contributed by atoms with Crippen molar-refractivity contribution in [1.29, 1.82) is 0 Å². The molecule has 98 valence electrons. The normalized spacial score (nSPS) is 16.9. The van der Waals surface area contributed by atoms with Crippen molar-refractivity contribution in [2.24, 2.45) is 5.92 Å². The number of halogens is 3. The van der Waals surface area contributed by atoms with E-state index in [2.05, 4.69) is 15.9 Å². The van der Waals surface area contributed by atoms with Crippen LogP contribution in [0.25, 0.3) is 0 Å². The van der Waals surface area contributed by atoms with Gasteiger partial charge in [0.1, 0.15) is 11.6 Å². The predicted octanol–water partition coefficient (Wildman–Crippen LogP) is 3.21. The standard InChI is InChI=1S/C13H14BrF2NO/c14-8-9-3-5-17(6-4-9)13(18)11-2-1-10(15)7-12(11)16/h1-2,7,9H,3-6,8H2. The van der Waals surface area contributed by atoms with Crippen LogP contribution in [0.3, 0.4) is 0 Å². The molecule has 1 saturated heterocycles. The second-order valence-corrected chi connectivity index (χ2v) is 5.16. The lowest BCUT2D eigenvalue weighted by molar-refractivity contribution is 0.0694. The second-order valence-electron chi connectivity index (χ2n) is 4.51. The number of amides is 1. The highest BCUT2D eigenvalue weighted by atomic mass is 79.9. The quantitative estimate of drug-likeness (QED) is 0.767. The number of hydrogen-bond acceptors (Lipinski definition) is 1. The van der Waals surface area contributed by atoms with Crippen LogP contribution in [0.4, 0.5) is 8.78 Å². The van der Waals surface area contributed by atoms with E-state index < -0.39 is 11.6 Å². The molecule has 1 heterocycles. The maximum Gasteiger partial charge on any atom is 0.256 e. The lowest BCUT2D eigenvalue weighted by Gasteiger charge is -2.31. The summed E-state index contributed by atoms with van der Waals surface area (Å²) in [6.07, 6.45) is 1.83. The summed E-state index contributed by atoms with van der Waals surface area (Å²) >= 11 is 3.43. The van der Waals surface area contributed by atoms with E-state index in [9.17, 15) is 13.6 Å². The molecule has 2 nitrogen and oxygen atoms in total. The van der Waals surface area contributed by atoms with Crippen LogP contribution >= 0.6 is 15.9 Å². The summed E-state index contributed by atoms with van der Waals surface area (Å²) in [6.45, 7) is 1.26. The number of carbonyl (C=O) groups excluding carboxylic acids is 1. The molecule has 0 aliphatic carbocycles. The fourth-order valence-electron chi connectivity index (χ4n) is 2.12. The third-order valence-corrected chi connectivity index (χ3v) is 4.20. The molecule has 1 aromatic carbocycles. The minimum absolute atomic E-state index is 0.0475. The van der Waals surface area contributed by atoms with Crippen molar-refractivity contribution in [2.75, 3.05) is 18.4 Å². The molecule has 1 aliphatic rings. The highest BCUT2D eigenvalue weighted by Gasteiger charge is 2.24. The molecule has 0 atom stereocenters. The molecule has 0 saturated carbocycles. The van der Waals surface area contributed by atoms with Crippen molar-refractivity contribution >= 4 is 21.8 Å². The summed E-state index contributed by atoms with van der Waals surface area (Å²) in [4.78, 5) is 13.7. The predicted molar refractivity (Wildman–Crippen MR) is 68.8 cm³/mol. The summed E-state index contributed by atoms with van der Waals surface area (Å²) in [5.74, 6) is -1.22. The van der Waals surface area contributed by atoms with Crippen LogP contribution in [-0.2, 0) is 0 Å². The van der Waals surface area contributed by atoms with Crippen molar-refractivity contribution in [1.82, 2.24) is 4.90 Å². The van der Waals surface area contributed by atoms with Crippen LogP contribution in [0.2, 0.25) is 0 Å². The van der Waals surface area contributed by atoms with Crippen molar-refractivity contribution in [3.8, 4) is 0 Å². The molecule has 1 amide bonds. The topological polar surface area (TPSA) is 20.3 Å². The smallest absolute Gasteiger partial charge is 0.256 e. The number of nitrogens with zero attached hydrogens (tertiary/aromatic N) is 1. The van der Waals surface area contributed by atoms with Gasteiger partial charge in [-0.3, -0.25) is 4.79 Å². The van der Waals surface area contributed by atoms with Gasteiger partial charge in [-0.1, -0.05) is 15.9 Å². The molecule has 2 rings (SSSR count). The molecular formula is C13H14BrF2NO. The lowest BCUT2D eigenvalue weighted by atomic mass is 9.98. The first kappa shape index (κ1) is 13.5. The van der Waals surface area contributed by atoms with Crippen molar-refractivity contribution in [2.45, 2.75) is 12.8 Å². The van der Waals surface area contributed by atoms with Crippen LogP contribution in [0.1, 0.15) is 23.2 Å². The van der Waals surface area contributed by atoms with Crippen molar-refractivity contribution < 1.29 is 13.6 Å². The molecule has 1 fully saturated rings. The molecule has 18 heavy (non-hydrogen) atoms. The Hall–Kier alpha value is -0.970. The average molecular weight is 318 g/mol. The van der Waals surface area contributed by atoms with E-state index in [0.717, 1.165) is 30.3 Å². The van der Waals surface area contributed by atoms with Gasteiger partial charge in [-0.25, -0.2) is 8.78 Å². The summed E-state index contributed by atoms with van der Waals surface area (Å²) in [5.41, 5.74) is -0.0475. The van der Waals surface area contributed by atoms with Crippen LogP contribution in [0, 0.1) is 17.6 Å². The first-order valence-corrected chi connectivity index (χ1v) is 7.04. The van der Waals surface area contributed by atoms with E-state index in [1.165, 1.54) is 6.07 Å². The number of rotatable bonds is 2. The van der Waals surface area contributed by atoms with Gasteiger partial charge >= 0.3 is 0 Å². The Morgan fingerprint density at radius 1 is 1.33 bits per heavy atom. The molecular weight excluding hydrogens is 304 g/mol. The molecule has 0 N–H and O–H groups in total. The SMILES string of the molecule is O=C(c1ccc(F)cc1F)N1CCC(CBr)CC1. The molecule has 0 bridgehead atoms. The third-order valence-electron chi connectivity index (χ3n) is 3.28. The summed E-state index contributed by atoms with van der Waals surface area (Å²) < 4.78 is 26.3. The third kappa shape index (κ3) is 2.88. The van der Waals surface area contributed by atoms with E-state index in [1.807, 2.05) is 0 Å². The maximum atomic E-state index is 13.5. The van der Waals surface area contributed by atoms with Crippen molar-refractivity contribution in [3.63, 3.8) is 0 Å². The average Bonchev–Trinajstić information content (AvgIpc) is 2.38. The zero-order valence-electron chi connectivity index (χ0n) is 9.83. The molecule has 0 aromatic heterocycles. The Balaban J connectivity index is 2.08. The van der Waals surface area contributed by atoms with Gasteiger partial charge in [0.25, 0.3) is 5.91 Å². The molecule has 1 aliphatic heterocycles. The zero-order chi connectivity index (χ0) is 13.1. The van der Waals surface area contributed by atoms with Gasteiger partial charge in [-0.05, 0) is 30.9 Å². The van der Waals surface area contributed by atoms with Gasteiger partial charge in [-0.2, -0.15) is 0 Å². The minimum atomic E-state index is -0.789. The van der Waals surface area contributed by atoms with E-state index in [0.29, 0.717) is 19.0 Å². The molecule has 5 heteroatoms. The van der Waals surface area contributed by atoms with E-state index in [-0.39, 0.29) is 11.5 Å². The zero-order valence-corrected chi connectivity index (χ0v) is 11.4. The highest BCUT2D eigenvalue weighted by molar-refractivity contribution is 9.09. The van der Waals surface area contributed by atoms with Gasteiger partial charge < -0.3 is 4.90 Å². The first-order valence-electron chi connectivity index (χ1n) is 5.92. The van der Waals surface area contributed by atoms with Gasteiger partial charge in [-0.15, -0.1) is 0 Å². The Labute approximate surface area is 113 Å². The van der Waals surface area contributed by atoms with E-state index in [4.69, 9.17) is 0 Å². The number of alkyl halides is 1. The summed E-state index contributed by atoms with van der Waals surface area (Å²) in [5, 5.41) is 0.930. The lowest BCUT2D eigenvalue weighted by Crippen LogP contribution is -2.39. The number of piperidine rings is 1. The summed E-state index contributed by atoms with van der Waals surface area (Å²) in [7, 11) is 0. The van der Waals surface area contributed by atoms with Crippen LogP contribution in [0.15, 0.2) is 18.2 Å². The molecule has 1 aromatic rings. The minimum Gasteiger partial charge on any atom is -0.339 e. The van der Waals surface area contributed by atoms with Gasteiger partial charge in [0, 0.05) is 24.5 Å². The fraction of sp³-hybridized carbons (Fsp3) is 0.462. The Morgan fingerprint density at radius 3 is 2.56 bits per heavy atom. The van der Waals surface area contributed by atoms with Gasteiger partial charge in [0.05, 0.1) is 5.56 Å². The van der Waals surface area contributed by atoms with Crippen LogP contribution < -0.4 is 0 Å². The largest absolute Gasteiger partial charge is 0.339 e. The highest BCUT2D eigenvalue weighted by Crippen LogP contribution is 2.21. The number of carbonyl (C=O) groups is 1. The van der Waals surface area contributed by atoms with Gasteiger partial charge in [0.2, 0.25) is 0 Å². The van der Waals surface area contributed by atoms with Gasteiger partial charge in [0.15, 0.2) is 0 Å². The van der Waals surface area contributed by atoms with E-state index in [1.54, 1.807) is 4.90 Å². The van der Waals surface area contributed by atoms with Crippen molar-refractivity contribution in [3.05, 3.63) is 35.4 Å². The molecule has 0 radical (unpaired) electrons. The van der Waals surface area contributed by atoms with Crippen LogP contribution in [-0.4, -0.2) is 29.2 Å². The first-order chi connectivity index (χ1) is 8.61.